The number of aromatic hydroxyl groups is 1. The van der Waals surface area contributed by atoms with E-state index in [0.29, 0.717) is 17.7 Å². The summed E-state index contributed by atoms with van der Waals surface area (Å²) in [6.45, 7) is 2.16. The third-order valence-electron chi connectivity index (χ3n) is 6.86. The second-order valence-corrected chi connectivity index (χ2v) is 13.1. The molecule has 0 heterocycles. The molecule has 1 aromatic rings. The van der Waals surface area contributed by atoms with E-state index >= 15 is 0 Å². The van der Waals surface area contributed by atoms with Crippen LogP contribution in [0.15, 0.2) is 17.1 Å². The molecule has 0 atom stereocenters. The number of hydrogen-bond donors (Lipinski definition) is 1. The van der Waals surface area contributed by atoms with Crippen LogP contribution in [0.5, 0.6) is 5.75 Å². The predicted molar refractivity (Wildman–Crippen MR) is 133 cm³/mol. The first-order chi connectivity index (χ1) is 15.2. The number of rotatable bonds is 3. The van der Waals surface area contributed by atoms with Crippen molar-refractivity contribution in [1.29, 1.82) is 0 Å². The van der Waals surface area contributed by atoms with Gasteiger partial charge in [-0.2, -0.15) is 0 Å². The molecule has 0 aromatic heterocycles. The molecule has 2 aliphatic carbocycles. The Morgan fingerprint density at radius 2 is 1.26 bits per heavy atom. The second kappa shape index (κ2) is 16.7. The fourth-order valence-corrected chi connectivity index (χ4v) is 5.14. The standard InChI is InChI=1S/C26H41NO.2ClH.Zr/c1-21-18-23(20-27-24-16-12-9-13-17-24)26(28)25(19-21)22-14-10-7-5-3-2-4-6-8-11-15-22;;;/h18-20,22,24,28H,2-17H2,1H3;2*1H;/q;;;+2/p-2. The summed E-state index contributed by atoms with van der Waals surface area (Å²) in [5, 5.41) is 11.1. The Morgan fingerprint density at radius 3 is 1.81 bits per heavy atom. The number of halogens is 2. The molecule has 5 heteroatoms. The molecule has 0 aliphatic heterocycles. The van der Waals surface area contributed by atoms with Gasteiger partial charge >= 0.3 is 37.9 Å². The first kappa shape index (κ1) is 27.4. The van der Waals surface area contributed by atoms with Crippen molar-refractivity contribution in [1.82, 2.24) is 0 Å². The summed E-state index contributed by atoms with van der Waals surface area (Å²) in [7, 11) is 9.87. The maximum absolute atomic E-state index is 11.1. The van der Waals surface area contributed by atoms with Crippen LogP contribution in [0.1, 0.15) is 125 Å². The normalized spacial score (nSPS) is 20.4. The quantitative estimate of drug-likeness (QED) is 0.377. The van der Waals surface area contributed by atoms with Crippen LogP contribution in [0.25, 0.3) is 0 Å². The molecule has 0 saturated heterocycles. The van der Waals surface area contributed by atoms with E-state index in [1.807, 2.05) is 6.21 Å². The summed E-state index contributed by atoms with van der Waals surface area (Å²) < 4.78 is 0. The maximum atomic E-state index is 11.1. The van der Waals surface area contributed by atoms with Crippen molar-refractivity contribution in [3.05, 3.63) is 28.8 Å². The van der Waals surface area contributed by atoms with Gasteiger partial charge in [-0.05, 0) is 55.7 Å². The topological polar surface area (TPSA) is 32.6 Å². The van der Waals surface area contributed by atoms with Crippen LogP contribution in [-0.4, -0.2) is 17.4 Å². The number of hydrogen-bond acceptors (Lipinski definition) is 2. The molecular formula is C26H41Cl2NOZr. The number of aliphatic imine (C=N–C) groups is 1. The van der Waals surface area contributed by atoms with Gasteiger partial charge in [-0.1, -0.05) is 83.1 Å². The van der Waals surface area contributed by atoms with Gasteiger partial charge in [0.05, 0.1) is 0 Å². The number of phenols is 1. The Balaban J connectivity index is 0.00000107. The first-order valence-electron chi connectivity index (χ1n) is 12.5. The van der Waals surface area contributed by atoms with E-state index in [4.69, 9.17) is 22.0 Å². The van der Waals surface area contributed by atoms with Crippen LogP contribution in [0.2, 0.25) is 0 Å². The molecule has 0 unspecified atom stereocenters. The van der Waals surface area contributed by atoms with Gasteiger partial charge in [0.1, 0.15) is 5.75 Å². The van der Waals surface area contributed by atoms with Crippen LogP contribution < -0.4 is 0 Å². The van der Waals surface area contributed by atoms with Gasteiger partial charge in [0, 0.05) is 17.8 Å². The summed E-state index contributed by atoms with van der Waals surface area (Å²) >= 11 is -0.826. The third-order valence-corrected chi connectivity index (χ3v) is 6.86. The fourth-order valence-electron chi connectivity index (χ4n) is 5.14. The summed E-state index contributed by atoms with van der Waals surface area (Å²) in [5.74, 6) is 1.00. The Kier molecular flexibility index (Phi) is 14.8. The van der Waals surface area contributed by atoms with Crippen LogP contribution in [0.3, 0.4) is 0 Å². The third kappa shape index (κ3) is 10.7. The summed E-state index contributed by atoms with van der Waals surface area (Å²) in [4.78, 5) is 4.84. The molecule has 31 heavy (non-hydrogen) atoms. The van der Waals surface area contributed by atoms with Crippen molar-refractivity contribution in [2.24, 2.45) is 4.99 Å². The summed E-state index contributed by atoms with van der Waals surface area (Å²) in [5.41, 5.74) is 3.37. The second-order valence-electron chi connectivity index (χ2n) is 9.39. The molecule has 174 valence electrons. The van der Waals surface area contributed by atoms with E-state index < -0.39 is 20.8 Å². The van der Waals surface area contributed by atoms with E-state index in [9.17, 15) is 5.11 Å². The van der Waals surface area contributed by atoms with Crippen molar-refractivity contribution in [2.45, 2.75) is 122 Å². The van der Waals surface area contributed by atoms with E-state index in [1.54, 1.807) is 0 Å². The van der Waals surface area contributed by atoms with Crippen LogP contribution in [-0.2, 0) is 20.8 Å². The minimum atomic E-state index is -0.826. The van der Waals surface area contributed by atoms with Crippen molar-refractivity contribution in [3.8, 4) is 5.75 Å². The van der Waals surface area contributed by atoms with Gasteiger partial charge in [0.25, 0.3) is 0 Å². The van der Waals surface area contributed by atoms with Gasteiger partial charge in [0.15, 0.2) is 0 Å². The van der Waals surface area contributed by atoms with Gasteiger partial charge in [-0.25, -0.2) is 0 Å². The van der Waals surface area contributed by atoms with Crippen molar-refractivity contribution in [2.75, 3.05) is 0 Å². The summed E-state index contributed by atoms with van der Waals surface area (Å²) in [6, 6.07) is 4.81. The van der Waals surface area contributed by atoms with Gasteiger partial charge in [0.2, 0.25) is 0 Å². The zero-order valence-corrected chi connectivity index (χ0v) is 23.3. The van der Waals surface area contributed by atoms with Crippen LogP contribution in [0, 0.1) is 6.92 Å². The Labute approximate surface area is 209 Å². The van der Waals surface area contributed by atoms with Gasteiger partial charge < -0.3 is 5.11 Å². The zero-order valence-electron chi connectivity index (χ0n) is 19.4. The molecule has 2 nitrogen and oxygen atoms in total. The SMILES string of the molecule is Cc1cc(C=NC2CCCCC2)c(O)c(C2CCCCCCCCCCC2)c1.[Cl][Zr][Cl]. The number of nitrogens with zero attached hydrogens (tertiary/aromatic N) is 1. The van der Waals surface area contributed by atoms with Gasteiger partial charge in [-0.15, -0.1) is 0 Å². The molecule has 0 amide bonds. The van der Waals surface area contributed by atoms with Crippen molar-refractivity contribution in [3.63, 3.8) is 0 Å². The minimum absolute atomic E-state index is 0.457. The first-order valence-corrected chi connectivity index (χ1v) is 18.8. The molecule has 0 spiro atoms. The number of aryl methyl sites for hydroxylation is 1. The molecule has 0 bridgehead atoms. The molecule has 1 aromatic carbocycles. The molecular weight excluding hydrogens is 504 g/mol. The Bertz CT molecular complexity index is 635. The predicted octanol–water partition coefficient (Wildman–Crippen LogP) is 9.22. The molecule has 2 fully saturated rings. The molecule has 1 N–H and O–H groups in total. The molecule has 3 rings (SSSR count). The molecule has 0 radical (unpaired) electrons. The van der Waals surface area contributed by atoms with E-state index in [2.05, 4.69) is 19.1 Å². The average Bonchev–Trinajstić information content (AvgIpc) is 2.76. The van der Waals surface area contributed by atoms with Crippen LogP contribution in [0.4, 0.5) is 0 Å². The van der Waals surface area contributed by atoms with Gasteiger partial charge in [-0.3, -0.25) is 4.99 Å². The number of phenolic OH excluding ortho intramolecular Hbond substituents is 1. The Morgan fingerprint density at radius 1 is 0.806 bits per heavy atom. The van der Waals surface area contributed by atoms with Crippen molar-refractivity contribution >= 4 is 23.2 Å². The van der Waals surface area contributed by atoms with Crippen LogP contribution >= 0.6 is 17.0 Å². The fraction of sp³-hybridized carbons (Fsp3) is 0.731. The zero-order chi connectivity index (χ0) is 22.3. The van der Waals surface area contributed by atoms with E-state index in [-0.39, 0.29) is 0 Å². The van der Waals surface area contributed by atoms with E-state index in [1.165, 1.54) is 114 Å². The monoisotopic (exact) mass is 543 g/mol. The molecule has 2 saturated carbocycles. The van der Waals surface area contributed by atoms with Crippen molar-refractivity contribution < 1.29 is 26.0 Å². The summed E-state index contributed by atoms with van der Waals surface area (Å²) in [6.07, 6.45) is 23.1. The average molecular weight is 546 g/mol. The Hall–Kier alpha value is 0.153. The van der Waals surface area contributed by atoms with E-state index in [0.717, 1.165) is 5.56 Å². The number of benzene rings is 1. The molecule has 2 aliphatic rings.